The SMILES string of the molecule is CCCNC(=NCc1ccc(C)cc1C)NCC. The minimum Gasteiger partial charge on any atom is -0.357 e. The van der Waals surface area contributed by atoms with Crippen LogP contribution in [0.3, 0.4) is 0 Å². The monoisotopic (exact) mass is 247 g/mol. The Balaban J connectivity index is 2.68. The number of nitrogens with one attached hydrogen (secondary N) is 2. The smallest absolute Gasteiger partial charge is 0.191 e. The van der Waals surface area contributed by atoms with Gasteiger partial charge < -0.3 is 10.6 Å². The van der Waals surface area contributed by atoms with Gasteiger partial charge in [-0.1, -0.05) is 30.7 Å². The summed E-state index contributed by atoms with van der Waals surface area (Å²) in [7, 11) is 0. The van der Waals surface area contributed by atoms with Crippen LogP contribution in [0.15, 0.2) is 23.2 Å². The fraction of sp³-hybridized carbons (Fsp3) is 0.533. The van der Waals surface area contributed by atoms with Crippen molar-refractivity contribution in [2.24, 2.45) is 4.99 Å². The molecular formula is C15H25N3. The van der Waals surface area contributed by atoms with Crippen LogP contribution in [0.5, 0.6) is 0 Å². The van der Waals surface area contributed by atoms with E-state index in [-0.39, 0.29) is 0 Å². The van der Waals surface area contributed by atoms with Crippen LogP contribution in [0.1, 0.15) is 37.0 Å². The molecule has 3 nitrogen and oxygen atoms in total. The molecule has 0 bridgehead atoms. The molecule has 0 aromatic heterocycles. The van der Waals surface area contributed by atoms with Gasteiger partial charge in [-0.15, -0.1) is 0 Å². The zero-order valence-electron chi connectivity index (χ0n) is 12.0. The molecule has 18 heavy (non-hydrogen) atoms. The maximum atomic E-state index is 4.61. The van der Waals surface area contributed by atoms with Gasteiger partial charge in [0.2, 0.25) is 0 Å². The van der Waals surface area contributed by atoms with Crippen molar-refractivity contribution < 1.29 is 0 Å². The predicted octanol–water partition coefficient (Wildman–Crippen LogP) is 2.77. The molecular weight excluding hydrogens is 222 g/mol. The van der Waals surface area contributed by atoms with Crippen LogP contribution in [0.2, 0.25) is 0 Å². The normalized spacial score (nSPS) is 11.4. The fourth-order valence-corrected chi connectivity index (χ4v) is 1.77. The highest BCUT2D eigenvalue weighted by Crippen LogP contribution is 2.11. The number of benzene rings is 1. The quantitative estimate of drug-likeness (QED) is 0.620. The first-order valence-corrected chi connectivity index (χ1v) is 6.75. The third-order valence-corrected chi connectivity index (χ3v) is 2.79. The average molecular weight is 247 g/mol. The van der Waals surface area contributed by atoms with E-state index < -0.39 is 0 Å². The van der Waals surface area contributed by atoms with Crippen molar-refractivity contribution in [3.8, 4) is 0 Å². The molecule has 0 fully saturated rings. The van der Waals surface area contributed by atoms with Gasteiger partial charge in [-0.2, -0.15) is 0 Å². The first-order chi connectivity index (χ1) is 8.67. The van der Waals surface area contributed by atoms with Crippen LogP contribution in [0.4, 0.5) is 0 Å². The molecule has 100 valence electrons. The molecule has 1 aromatic rings. The van der Waals surface area contributed by atoms with Gasteiger partial charge in [0.15, 0.2) is 5.96 Å². The minimum absolute atomic E-state index is 0.727. The lowest BCUT2D eigenvalue weighted by molar-refractivity contribution is 0.785. The highest BCUT2D eigenvalue weighted by Gasteiger charge is 1.99. The maximum Gasteiger partial charge on any atom is 0.191 e. The van der Waals surface area contributed by atoms with E-state index >= 15 is 0 Å². The average Bonchev–Trinajstić information content (AvgIpc) is 2.34. The molecule has 1 rings (SSSR count). The summed E-state index contributed by atoms with van der Waals surface area (Å²) in [6.45, 7) is 11.1. The Hall–Kier alpha value is -1.51. The molecule has 0 aliphatic carbocycles. The lowest BCUT2D eigenvalue weighted by Crippen LogP contribution is -2.37. The standard InChI is InChI=1S/C15H25N3/c1-5-9-17-15(16-6-2)18-11-14-8-7-12(3)10-13(14)4/h7-8,10H,5-6,9,11H2,1-4H3,(H2,16,17,18). The summed E-state index contributed by atoms with van der Waals surface area (Å²) in [4.78, 5) is 4.61. The van der Waals surface area contributed by atoms with Gasteiger partial charge in [0.25, 0.3) is 0 Å². The first kappa shape index (κ1) is 14.6. The van der Waals surface area contributed by atoms with Crippen molar-refractivity contribution in [2.75, 3.05) is 13.1 Å². The second-order valence-electron chi connectivity index (χ2n) is 4.55. The van der Waals surface area contributed by atoms with Crippen molar-refractivity contribution in [3.63, 3.8) is 0 Å². The van der Waals surface area contributed by atoms with Crippen molar-refractivity contribution in [1.29, 1.82) is 0 Å². The van der Waals surface area contributed by atoms with Crippen molar-refractivity contribution in [3.05, 3.63) is 34.9 Å². The van der Waals surface area contributed by atoms with Crippen molar-refractivity contribution in [2.45, 2.75) is 40.7 Å². The number of hydrogen-bond donors (Lipinski definition) is 2. The van der Waals surface area contributed by atoms with Crippen LogP contribution in [0, 0.1) is 13.8 Å². The second kappa shape index (κ2) is 7.75. The number of nitrogens with zero attached hydrogens (tertiary/aromatic N) is 1. The van der Waals surface area contributed by atoms with Gasteiger partial charge in [-0.25, -0.2) is 4.99 Å². The summed E-state index contributed by atoms with van der Waals surface area (Å²) in [5, 5.41) is 6.57. The Labute approximate surface area is 111 Å². The zero-order valence-corrected chi connectivity index (χ0v) is 12.0. The van der Waals surface area contributed by atoms with Gasteiger partial charge in [-0.05, 0) is 38.3 Å². The number of rotatable bonds is 5. The lowest BCUT2D eigenvalue weighted by Gasteiger charge is -2.11. The molecule has 0 radical (unpaired) electrons. The van der Waals surface area contributed by atoms with E-state index in [0.29, 0.717) is 0 Å². The van der Waals surface area contributed by atoms with E-state index in [4.69, 9.17) is 0 Å². The Morgan fingerprint density at radius 3 is 2.56 bits per heavy atom. The molecule has 3 heteroatoms. The summed E-state index contributed by atoms with van der Waals surface area (Å²) in [5.74, 6) is 0.902. The second-order valence-corrected chi connectivity index (χ2v) is 4.55. The predicted molar refractivity (Wildman–Crippen MR) is 79.0 cm³/mol. The van der Waals surface area contributed by atoms with Gasteiger partial charge in [0.05, 0.1) is 6.54 Å². The van der Waals surface area contributed by atoms with Crippen molar-refractivity contribution >= 4 is 5.96 Å². The summed E-state index contributed by atoms with van der Waals surface area (Å²) >= 11 is 0. The summed E-state index contributed by atoms with van der Waals surface area (Å²) < 4.78 is 0. The van der Waals surface area contributed by atoms with E-state index in [2.05, 4.69) is 61.5 Å². The van der Waals surface area contributed by atoms with Crippen LogP contribution in [0.25, 0.3) is 0 Å². The van der Waals surface area contributed by atoms with Gasteiger partial charge in [0.1, 0.15) is 0 Å². The van der Waals surface area contributed by atoms with E-state index in [1.54, 1.807) is 0 Å². The Kier molecular flexibility index (Phi) is 6.26. The van der Waals surface area contributed by atoms with E-state index in [9.17, 15) is 0 Å². The highest BCUT2D eigenvalue weighted by molar-refractivity contribution is 5.79. The Morgan fingerprint density at radius 1 is 1.17 bits per heavy atom. The summed E-state index contributed by atoms with van der Waals surface area (Å²) in [6, 6.07) is 6.51. The van der Waals surface area contributed by atoms with E-state index in [0.717, 1.165) is 32.0 Å². The summed E-state index contributed by atoms with van der Waals surface area (Å²) in [5.41, 5.74) is 3.90. The molecule has 0 unspecified atom stereocenters. The molecule has 0 heterocycles. The summed E-state index contributed by atoms with van der Waals surface area (Å²) in [6.07, 6.45) is 1.11. The topological polar surface area (TPSA) is 36.4 Å². The third-order valence-electron chi connectivity index (χ3n) is 2.79. The number of aryl methyl sites for hydroxylation is 2. The number of guanidine groups is 1. The van der Waals surface area contributed by atoms with Crippen molar-refractivity contribution in [1.82, 2.24) is 10.6 Å². The molecule has 0 spiro atoms. The number of hydrogen-bond acceptors (Lipinski definition) is 1. The zero-order chi connectivity index (χ0) is 13.4. The molecule has 1 aromatic carbocycles. The Bertz CT molecular complexity index is 397. The molecule has 0 aliphatic rings. The molecule has 0 amide bonds. The highest BCUT2D eigenvalue weighted by atomic mass is 15.2. The minimum atomic E-state index is 0.727. The van der Waals surface area contributed by atoms with E-state index in [1.807, 2.05) is 0 Å². The van der Waals surface area contributed by atoms with Crippen LogP contribution >= 0.6 is 0 Å². The van der Waals surface area contributed by atoms with Gasteiger partial charge in [0, 0.05) is 13.1 Å². The lowest BCUT2D eigenvalue weighted by atomic mass is 10.1. The molecule has 0 saturated heterocycles. The van der Waals surface area contributed by atoms with E-state index in [1.165, 1.54) is 16.7 Å². The first-order valence-electron chi connectivity index (χ1n) is 6.75. The fourth-order valence-electron chi connectivity index (χ4n) is 1.77. The van der Waals surface area contributed by atoms with Gasteiger partial charge >= 0.3 is 0 Å². The third kappa shape index (κ3) is 4.78. The van der Waals surface area contributed by atoms with Crippen LogP contribution in [-0.2, 0) is 6.54 Å². The van der Waals surface area contributed by atoms with Gasteiger partial charge in [-0.3, -0.25) is 0 Å². The molecule has 0 aliphatic heterocycles. The largest absolute Gasteiger partial charge is 0.357 e. The number of aliphatic imine (C=N–C) groups is 1. The Morgan fingerprint density at radius 2 is 1.94 bits per heavy atom. The maximum absolute atomic E-state index is 4.61. The van der Waals surface area contributed by atoms with Crippen LogP contribution < -0.4 is 10.6 Å². The molecule has 0 saturated carbocycles. The molecule has 0 atom stereocenters. The van der Waals surface area contributed by atoms with Crippen LogP contribution in [-0.4, -0.2) is 19.0 Å². The molecule has 2 N–H and O–H groups in total.